The molecule has 0 atom stereocenters. The lowest BCUT2D eigenvalue weighted by atomic mass is 10.2. The van der Waals surface area contributed by atoms with E-state index in [1.165, 1.54) is 24.4 Å². The van der Waals surface area contributed by atoms with Gasteiger partial charge in [0.2, 0.25) is 0 Å². The number of phenols is 2. The second-order valence-electron chi connectivity index (χ2n) is 5.26. The molecule has 0 aliphatic rings. The minimum Gasteiger partial charge on any atom is -0.508 e. The fourth-order valence-corrected chi connectivity index (χ4v) is 2.75. The van der Waals surface area contributed by atoms with Crippen LogP contribution in [0, 0.1) is 0 Å². The van der Waals surface area contributed by atoms with Gasteiger partial charge in [-0.15, -0.1) is 10.2 Å². The minimum absolute atomic E-state index is 0.0222. The van der Waals surface area contributed by atoms with Crippen molar-refractivity contribution in [1.29, 1.82) is 0 Å². The molecule has 0 saturated heterocycles. The smallest absolute Gasteiger partial charge is 0.265 e. The maximum atomic E-state index is 9.70. The molecular weight excluding hydrogens is 388 g/mol. The first-order valence-corrected chi connectivity index (χ1v) is 8.02. The Labute approximate surface area is 149 Å². The van der Waals surface area contributed by atoms with Crippen molar-refractivity contribution >= 4 is 50.2 Å². The lowest BCUT2D eigenvalue weighted by molar-refractivity contribution is 0.450. The number of fused-ring (bicyclic) bond motifs is 3. The highest BCUT2D eigenvalue weighted by atomic mass is 79.9. The van der Waals surface area contributed by atoms with Crippen molar-refractivity contribution < 1.29 is 10.2 Å². The molecule has 124 valence electrons. The van der Waals surface area contributed by atoms with Crippen LogP contribution in [0.3, 0.4) is 0 Å². The van der Waals surface area contributed by atoms with E-state index in [-0.39, 0.29) is 17.4 Å². The molecule has 8 nitrogen and oxygen atoms in total. The Bertz CT molecular complexity index is 1120. The van der Waals surface area contributed by atoms with E-state index in [1.807, 2.05) is 18.2 Å². The normalized spacial score (nSPS) is 11.6. The van der Waals surface area contributed by atoms with Crippen molar-refractivity contribution in [2.45, 2.75) is 0 Å². The monoisotopic (exact) mass is 398 g/mol. The molecule has 4 N–H and O–H groups in total. The van der Waals surface area contributed by atoms with Crippen LogP contribution in [-0.4, -0.2) is 36.6 Å². The number of hydrazone groups is 1. The fraction of sp³-hybridized carbons (Fsp3) is 0. The van der Waals surface area contributed by atoms with E-state index in [1.54, 1.807) is 0 Å². The third-order valence-corrected chi connectivity index (χ3v) is 4.05. The summed E-state index contributed by atoms with van der Waals surface area (Å²) in [4.78, 5) is 7.51. The molecule has 0 aliphatic heterocycles. The summed E-state index contributed by atoms with van der Waals surface area (Å²) in [5, 5.41) is 32.0. The molecule has 0 unspecified atom stereocenters. The lowest BCUT2D eigenvalue weighted by Crippen LogP contribution is -1.99. The summed E-state index contributed by atoms with van der Waals surface area (Å²) in [6.07, 6.45) is 1.39. The molecule has 0 bridgehead atoms. The number of phenolic OH excluding ortho intramolecular Hbond substituents is 2. The van der Waals surface area contributed by atoms with Gasteiger partial charge < -0.3 is 15.2 Å². The van der Waals surface area contributed by atoms with Crippen LogP contribution in [0.5, 0.6) is 11.5 Å². The van der Waals surface area contributed by atoms with Gasteiger partial charge in [0.25, 0.3) is 5.95 Å². The van der Waals surface area contributed by atoms with Crippen LogP contribution in [-0.2, 0) is 0 Å². The summed E-state index contributed by atoms with van der Waals surface area (Å²) in [6.45, 7) is 0. The van der Waals surface area contributed by atoms with E-state index in [4.69, 9.17) is 0 Å². The molecule has 2 aromatic heterocycles. The molecule has 0 spiro atoms. The van der Waals surface area contributed by atoms with Gasteiger partial charge >= 0.3 is 0 Å². The van der Waals surface area contributed by atoms with E-state index < -0.39 is 0 Å². The third kappa shape index (κ3) is 2.96. The first kappa shape index (κ1) is 15.3. The molecule has 2 aromatic carbocycles. The van der Waals surface area contributed by atoms with Crippen molar-refractivity contribution in [2.75, 3.05) is 5.43 Å². The summed E-state index contributed by atoms with van der Waals surface area (Å²) in [5.41, 5.74) is 5.28. The standard InChI is InChI=1S/C16H11BrN6O2/c17-9-2-4-12-11(5-9)14-15(19-12)20-16(23-21-14)22-18-7-8-1-3-10(24)6-13(8)25/h1-7,24-25H,(H2,19,20,22,23)/b18-7+. The van der Waals surface area contributed by atoms with Crippen molar-refractivity contribution in [3.63, 3.8) is 0 Å². The van der Waals surface area contributed by atoms with Crippen molar-refractivity contribution in [3.8, 4) is 11.5 Å². The maximum absolute atomic E-state index is 9.70. The Morgan fingerprint density at radius 1 is 1.12 bits per heavy atom. The Balaban J connectivity index is 1.61. The highest BCUT2D eigenvalue weighted by Crippen LogP contribution is 2.25. The summed E-state index contributed by atoms with van der Waals surface area (Å²) in [5.74, 6) is 0.111. The molecule has 0 saturated carbocycles. The zero-order valence-corrected chi connectivity index (χ0v) is 14.2. The Morgan fingerprint density at radius 3 is 2.84 bits per heavy atom. The van der Waals surface area contributed by atoms with Gasteiger partial charge in [0.15, 0.2) is 5.65 Å². The number of nitrogens with zero attached hydrogens (tertiary/aromatic N) is 4. The predicted molar refractivity (Wildman–Crippen MR) is 97.9 cm³/mol. The van der Waals surface area contributed by atoms with E-state index >= 15 is 0 Å². The second kappa shape index (κ2) is 6.02. The number of aromatic hydroxyl groups is 2. The minimum atomic E-state index is -0.0822. The largest absolute Gasteiger partial charge is 0.508 e. The molecule has 4 rings (SSSR count). The van der Waals surface area contributed by atoms with Crippen molar-refractivity contribution in [2.24, 2.45) is 5.10 Å². The number of halogens is 1. The highest BCUT2D eigenvalue weighted by Gasteiger charge is 2.09. The molecule has 0 amide bonds. The Morgan fingerprint density at radius 2 is 2.00 bits per heavy atom. The van der Waals surface area contributed by atoms with Gasteiger partial charge in [0.05, 0.1) is 6.21 Å². The van der Waals surface area contributed by atoms with Gasteiger partial charge in [0, 0.05) is 27.0 Å². The van der Waals surface area contributed by atoms with E-state index in [2.05, 4.69) is 46.6 Å². The fourth-order valence-electron chi connectivity index (χ4n) is 2.39. The van der Waals surface area contributed by atoms with Crippen LogP contribution in [0.25, 0.3) is 22.1 Å². The molecule has 0 aliphatic carbocycles. The highest BCUT2D eigenvalue weighted by molar-refractivity contribution is 9.10. The average molecular weight is 399 g/mol. The van der Waals surface area contributed by atoms with Gasteiger partial charge in [-0.3, -0.25) is 0 Å². The predicted octanol–water partition coefficient (Wildman–Crippen LogP) is 3.13. The summed E-state index contributed by atoms with van der Waals surface area (Å²) in [6, 6.07) is 10.0. The number of rotatable bonds is 3. The maximum Gasteiger partial charge on any atom is 0.265 e. The lowest BCUT2D eigenvalue weighted by Gasteiger charge is -2.00. The van der Waals surface area contributed by atoms with Gasteiger partial charge in [-0.05, 0) is 30.3 Å². The van der Waals surface area contributed by atoms with Crippen LogP contribution in [0.4, 0.5) is 5.95 Å². The Kier molecular flexibility index (Phi) is 3.69. The molecule has 2 heterocycles. The zero-order valence-electron chi connectivity index (χ0n) is 12.6. The number of aromatic nitrogens is 4. The number of nitrogens with one attached hydrogen (secondary N) is 2. The molecule has 0 radical (unpaired) electrons. The molecule has 25 heavy (non-hydrogen) atoms. The van der Waals surface area contributed by atoms with Gasteiger partial charge in [-0.1, -0.05) is 15.9 Å². The second-order valence-corrected chi connectivity index (χ2v) is 6.18. The molecule has 4 aromatic rings. The molecular formula is C16H11BrN6O2. The quantitative estimate of drug-likeness (QED) is 0.311. The van der Waals surface area contributed by atoms with Crippen LogP contribution >= 0.6 is 15.9 Å². The van der Waals surface area contributed by atoms with Crippen molar-refractivity contribution in [1.82, 2.24) is 20.2 Å². The van der Waals surface area contributed by atoms with E-state index in [9.17, 15) is 10.2 Å². The third-order valence-electron chi connectivity index (χ3n) is 3.56. The summed E-state index contributed by atoms with van der Waals surface area (Å²) in [7, 11) is 0. The van der Waals surface area contributed by atoms with Gasteiger partial charge in [-0.2, -0.15) is 10.1 Å². The van der Waals surface area contributed by atoms with Crippen LogP contribution in [0.1, 0.15) is 5.56 Å². The van der Waals surface area contributed by atoms with E-state index in [0.29, 0.717) is 16.7 Å². The topological polar surface area (TPSA) is 119 Å². The number of benzene rings is 2. The molecule has 0 fully saturated rings. The van der Waals surface area contributed by atoms with Crippen molar-refractivity contribution in [3.05, 3.63) is 46.4 Å². The van der Waals surface area contributed by atoms with Crippen LogP contribution < -0.4 is 5.43 Å². The summed E-state index contributed by atoms with van der Waals surface area (Å²) < 4.78 is 0.947. The van der Waals surface area contributed by atoms with Crippen LogP contribution in [0.2, 0.25) is 0 Å². The number of H-pyrrole nitrogens is 1. The first-order chi connectivity index (χ1) is 12.1. The number of hydrogen-bond acceptors (Lipinski definition) is 7. The Hall–Kier alpha value is -3.20. The number of anilines is 1. The zero-order chi connectivity index (χ0) is 17.4. The number of hydrogen-bond donors (Lipinski definition) is 4. The first-order valence-electron chi connectivity index (χ1n) is 7.23. The van der Waals surface area contributed by atoms with Crippen LogP contribution in [0.15, 0.2) is 46.0 Å². The summed E-state index contributed by atoms with van der Waals surface area (Å²) >= 11 is 3.43. The molecule has 9 heteroatoms. The van der Waals surface area contributed by atoms with Gasteiger partial charge in [0.1, 0.15) is 17.0 Å². The SMILES string of the molecule is Oc1ccc(/C=N/Nc2nnc3c(n2)[nH]c2ccc(Br)cc23)c(O)c1. The van der Waals surface area contributed by atoms with Gasteiger partial charge in [-0.25, -0.2) is 5.43 Å². The van der Waals surface area contributed by atoms with E-state index in [0.717, 1.165) is 15.4 Å². The average Bonchev–Trinajstić information content (AvgIpc) is 2.94. The number of aromatic amines is 1.